The third-order valence-corrected chi connectivity index (χ3v) is 13.5. The van der Waals surface area contributed by atoms with Gasteiger partial charge in [0.05, 0.1) is 0 Å². The van der Waals surface area contributed by atoms with Crippen LogP contribution in [0.4, 0.5) is 0 Å². The van der Waals surface area contributed by atoms with Crippen molar-refractivity contribution < 1.29 is 0 Å². The SMILES string of the molecule is CCCCCCc1cc(/C=C/c2cc(/C=C/c3cc(CCCCCC)cc(CCCCCC)c3)cc(/C=C/c3cc(CCCCCC)cc(CCCCCC)c3)c2)cc(CCCCCC)c1. The fourth-order valence-electron chi connectivity index (χ4n) is 9.63. The van der Waals surface area contributed by atoms with Gasteiger partial charge in [-0.15, -0.1) is 0 Å². The first-order valence-corrected chi connectivity index (χ1v) is 28.0. The summed E-state index contributed by atoms with van der Waals surface area (Å²) in [6.07, 6.45) is 52.7. The van der Waals surface area contributed by atoms with Crippen molar-refractivity contribution in [2.24, 2.45) is 0 Å². The van der Waals surface area contributed by atoms with Gasteiger partial charge in [-0.3, -0.25) is 0 Å². The lowest BCUT2D eigenvalue weighted by atomic mass is 9.96. The van der Waals surface area contributed by atoms with Crippen molar-refractivity contribution >= 4 is 36.5 Å². The Morgan fingerprint density at radius 3 is 0.530 bits per heavy atom. The highest BCUT2D eigenvalue weighted by atomic mass is 14.1. The average molecular weight is 889 g/mol. The minimum atomic E-state index is 1.18. The number of aryl methyl sites for hydroxylation is 6. The summed E-state index contributed by atoms with van der Waals surface area (Å²) >= 11 is 0. The van der Waals surface area contributed by atoms with Crippen LogP contribution in [-0.4, -0.2) is 0 Å². The van der Waals surface area contributed by atoms with Crippen LogP contribution in [0.5, 0.6) is 0 Å². The molecule has 0 aliphatic rings. The van der Waals surface area contributed by atoms with Crippen LogP contribution < -0.4 is 0 Å². The van der Waals surface area contributed by atoms with Gasteiger partial charge >= 0.3 is 0 Å². The van der Waals surface area contributed by atoms with Gasteiger partial charge in [-0.25, -0.2) is 0 Å². The molecule has 0 spiro atoms. The Hall–Kier alpha value is -3.90. The molecule has 0 fully saturated rings. The zero-order valence-electron chi connectivity index (χ0n) is 43.6. The van der Waals surface area contributed by atoms with Gasteiger partial charge in [0.2, 0.25) is 0 Å². The van der Waals surface area contributed by atoms with E-state index in [1.165, 1.54) is 259 Å². The molecule has 4 aromatic rings. The normalized spacial score (nSPS) is 11.9. The van der Waals surface area contributed by atoms with Crippen molar-refractivity contribution in [2.75, 3.05) is 0 Å². The van der Waals surface area contributed by atoms with E-state index in [4.69, 9.17) is 0 Å². The Balaban J connectivity index is 1.72. The molecular weight excluding hydrogens is 793 g/mol. The maximum atomic E-state index is 2.51. The molecular formula is C66H96. The fourth-order valence-corrected chi connectivity index (χ4v) is 9.63. The minimum Gasteiger partial charge on any atom is -0.0654 e. The van der Waals surface area contributed by atoms with Gasteiger partial charge in [0.25, 0.3) is 0 Å². The summed E-state index contributed by atoms with van der Waals surface area (Å²) in [5, 5.41) is 0. The van der Waals surface area contributed by atoms with Crippen molar-refractivity contribution in [3.05, 3.63) is 140 Å². The van der Waals surface area contributed by atoms with Gasteiger partial charge in [0.1, 0.15) is 0 Å². The first-order valence-electron chi connectivity index (χ1n) is 28.0. The largest absolute Gasteiger partial charge is 0.0654 e. The minimum absolute atomic E-state index is 1.18. The molecule has 0 aromatic heterocycles. The molecule has 66 heavy (non-hydrogen) atoms. The molecule has 0 heterocycles. The lowest BCUT2D eigenvalue weighted by Gasteiger charge is -2.10. The van der Waals surface area contributed by atoms with Crippen LogP contribution in [0.1, 0.15) is 262 Å². The predicted molar refractivity (Wildman–Crippen MR) is 300 cm³/mol. The second-order valence-corrected chi connectivity index (χ2v) is 20.0. The van der Waals surface area contributed by atoms with E-state index in [9.17, 15) is 0 Å². The van der Waals surface area contributed by atoms with Crippen LogP contribution in [0.2, 0.25) is 0 Å². The van der Waals surface area contributed by atoms with E-state index in [1.807, 2.05) is 0 Å². The molecule has 0 saturated heterocycles. The molecule has 0 nitrogen and oxygen atoms in total. The maximum absolute atomic E-state index is 2.51. The van der Waals surface area contributed by atoms with Crippen molar-refractivity contribution in [3.8, 4) is 0 Å². The van der Waals surface area contributed by atoms with Crippen LogP contribution >= 0.6 is 0 Å². The highest BCUT2D eigenvalue weighted by Crippen LogP contribution is 2.25. The summed E-state index contributed by atoms with van der Waals surface area (Å²) in [6.45, 7) is 13.9. The smallest absolute Gasteiger partial charge is 0.0245 e. The van der Waals surface area contributed by atoms with Crippen LogP contribution in [0.15, 0.2) is 72.8 Å². The van der Waals surface area contributed by atoms with E-state index in [0.29, 0.717) is 0 Å². The Morgan fingerprint density at radius 2 is 0.364 bits per heavy atom. The molecule has 4 rings (SSSR count). The molecule has 0 bridgehead atoms. The topological polar surface area (TPSA) is 0 Å². The molecule has 4 aromatic carbocycles. The molecule has 0 N–H and O–H groups in total. The Kier molecular flexibility index (Phi) is 28.5. The lowest BCUT2D eigenvalue weighted by molar-refractivity contribution is 0.661. The third-order valence-electron chi connectivity index (χ3n) is 13.5. The zero-order chi connectivity index (χ0) is 46.9. The molecule has 0 unspecified atom stereocenters. The predicted octanol–water partition coefficient (Wildman–Crippen LogP) is 20.9. The lowest BCUT2D eigenvalue weighted by Crippen LogP contribution is -1.93. The average Bonchev–Trinajstić information content (AvgIpc) is 3.33. The standard InChI is InChI=1S/C66H96/c1-7-13-19-25-31-55-43-56(32-26-20-14-8-2)47-61(46-55)37-40-64-52-65(41-38-62-48-57(33-27-21-15-9-3)44-58(49-62)34-28-22-16-10-4)54-66(53-64)42-39-63-50-59(35-29-23-17-11-5)45-60(51-63)36-30-24-18-12-6/h37-54H,7-36H2,1-6H3/b40-37+,41-38+,42-39+. The number of rotatable bonds is 36. The first kappa shape index (κ1) is 54.7. The van der Waals surface area contributed by atoms with E-state index in [2.05, 4.69) is 151 Å². The molecule has 0 atom stereocenters. The van der Waals surface area contributed by atoms with Crippen molar-refractivity contribution in [1.82, 2.24) is 0 Å². The first-order chi connectivity index (χ1) is 32.4. The molecule has 0 heteroatoms. The van der Waals surface area contributed by atoms with Gasteiger partial charge in [-0.05, 0) is 162 Å². The van der Waals surface area contributed by atoms with Crippen molar-refractivity contribution in [3.63, 3.8) is 0 Å². The zero-order valence-corrected chi connectivity index (χ0v) is 43.6. The van der Waals surface area contributed by atoms with Crippen LogP contribution in [0.3, 0.4) is 0 Å². The third kappa shape index (κ3) is 23.2. The van der Waals surface area contributed by atoms with Crippen molar-refractivity contribution in [2.45, 2.75) is 234 Å². The molecule has 0 radical (unpaired) electrons. The summed E-state index contributed by atoms with van der Waals surface area (Å²) in [5.41, 5.74) is 16.9. The maximum Gasteiger partial charge on any atom is -0.0245 e. The number of benzene rings is 4. The molecule has 0 aliphatic heterocycles. The summed E-state index contributed by atoms with van der Waals surface area (Å²) in [5.74, 6) is 0. The Labute approximate surface area is 408 Å². The quantitative estimate of drug-likeness (QED) is 0.0315. The summed E-state index contributed by atoms with van der Waals surface area (Å²) in [4.78, 5) is 0. The second kappa shape index (κ2) is 34.4. The number of hydrogen-bond acceptors (Lipinski definition) is 0. The van der Waals surface area contributed by atoms with Crippen molar-refractivity contribution in [1.29, 1.82) is 0 Å². The highest BCUT2D eigenvalue weighted by Gasteiger charge is 2.06. The molecule has 0 aliphatic carbocycles. The van der Waals surface area contributed by atoms with Gasteiger partial charge in [0.15, 0.2) is 0 Å². The van der Waals surface area contributed by atoms with Gasteiger partial charge in [-0.1, -0.05) is 248 Å². The molecule has 0 amide bonds. The van der Waals surface area contributed by atoms with Crippen LogP contribution in [-0.2, 0) is 38.5 Å². The van der Waals surface area contributed by atoms with E-state index in [-0.39, 0.29) is 0 Å². The summed E-state index contributed by atoms with van der Waals surface area (Å²) in [7, 11) is 0. The highest BCUT2D eigenvalue weighted by molar-refractivity contribution is 5.79. The number of unbranched alkanes of at least 4 members (excludes halogenated alkanes) is 18. The second-order valence-electron chi connectivity index (χ2n) is 20.0. The van der Waals surface area contributed by atoms with E-state index >= 15 is 0 Å². The van der Waals surface area contributed by atoms with E-state index in [1.54, 1.807) is 0 Å². The van der Waals surface area contributed by atoms with E-state index in [0.717, 1.165) is 0 Å². The summed E-state index contributed by atoms with van der Waals surface area (Å²) < 4.78 is 0. The summed E-state index contributed by atoms with van der Waals surface area (Å²) in [6, 6.07) is 29.5. The fraction of sp³-hybridized carbons (Fsp3) is 0.545. The molecule has 360 valence electrons. The number of hydrogen-bond donors (Lipinski definition) is 0. The monoisotopic (exact) mass is 889 g/mol. The van der Waals surface area contributed by atoms with Gasteiger partial charge in [0, 0.05) is 0 Å². The molecule has 0 saturated carbocycles. The van der Waals surface area contributed by atoms with Gasteiger partial charge in [-0.2, -0.15) is 0 Å². The Morgan fingerprint density at radius 1 is 0.197 bits per heavy atom. The van der Waals surface area contributed by atoms with E-state index < -0.39 is 0 Å². The van der Waals surface area contributed by atoms with Gasteiger partial charge < -0.3 is 0 Å². The van der Waals surface area contributed by atoms with Crippen LogP contribution in [0.25, 0.3) is 36.5 Å². The van der Waals surface area contributed by atoms with Crippen LogP contribution in [0, 0.1) is 0 Å². The Bertz CT molecular complexity index is 1650.